The van der Waals surface area contributed by atoms with Gasteiger partial charge >= 0.3 is 93.4 Å². The Morgan fingerprint density at radius 2 is 2.14 bits per heavy atom. The monoisotopic (exact) mass is 251 g/mol. The molecule has 1 aromatic rings. The van der Waals surface area contributed by atoms with Gasteiger partial charge in [-0.1, -0.05) is 0 Å². The molecule has 2 nitrogen and oxygen atoms in total. The van der Waals surface area contributed by atoms with Crippen molar-refractivity contribution >= 4 is 27.1 Å². The van der Waals surface area contributed by atoms with Crippen LogP contribution >= 0.6 is 0 Å². The van der Waals surface area contributed by atoms with Gasteiger partial charge in [-0.3, -0.25) is 0 Å². The summed E-state index contributed by atoms with van der Waals surface area (Å²) in [6.45, 7) is 4.06. The van der Waals surface area contributed by atoms with Crippen molar-refractivity contribution < 1.29 is 4.79 Å². The van der Waals surface area contributed by atoms with Crippen LogP contribution in [0.3, 0.4) is 0 Å². The van der Waals surface area contributed by atoms with Gasteiger partial charge in [0.05, 0.1) is 0 Å². The van der Waals surface area contributed by atoms with Crippen molar-refractivity contribution in [2.75, 3.05) is 0 Å². The molecule has 1 atom stereocenters. The Morgan fingerprint density at radius 3 is 2.71 bits per heavy atom. The van der Waals surface area contributed by atoms with E-state index in [0.29, 0.717) is 0 Å². The van der Waals surface area contributed by atoms with Crippen LogP contribution in [0, 0.1) is 0 Å². The molecule has 0 heterocycles. The standard InChI is InChI=1S/C11H14AsNO/c1-3-8(2)13-11(14)9-6-4-5-7-10(9)12/h4-8H,3H2,1-2H3,(H,13,14). The maximum absolute atomic E-state index is 11.7. The number of hydrogen-bond acceptors (Lipinski definition) is 1. The van der Waals surface area contributed by atoms with Gasteiger partial charge in [0, 0.05) is 0 Å². The average Bonchev–Trinajstić information content (AvgIpc) is 2.18. The molecule has 3 heteroatoms. The van der Waals surface area contributed by atoms with Gasteiger partial charge in [-0.05, 0) is 0 Å². The third-order valence-corrected chi connectivity index (χ3v) is 2.96. The fraction of sp³-hybridized carbons (Fsp3) is 0.364. The third kappa shape index (κ3) is 2.88. The van der Waals surface area contributed by atoms with Crippen LogP contribution < -0.4 is 9.67 Å². The molecule has 0 aliphatic rings. The molecule has 1 amide bonds. The Balaban J connectivity index is 2.75. The minimum atomic E-state index is 0.00979. The summed E-state index contributed by atoms with van der Waals surface area (Å²) in [5.74, 6) is 0.00979. The van der Waals surface area contributed by atoms with Crippen molar-refractivity contribution in [2.24, 2.45) is 0 Å². The summed E-state index contributed by atoms with van der Waals surface area (Å²) in [5, 5.41) is 2.94. The van der Waals surface area contributed by atoms with E-state index in [0.717, 1.165) is 16.3 Å². The Morgan fingerprint density at radius 1 is 1.50 bits per heavy atom. The average molecular weight is 251 g/mol. The summed E-state index contributed by atoms with van der Waals surface area (Å²) < 4.78 is 0.959. The summed E-state index contributed by atoms with van der Waals surface area (Å²) in [6.07, 6.45) is 0.951. The van der Waals surface area contributed by atoms with Gasteiger partial charge < -0.3 is 0 Å². The molecule has 14 heavy (non-hydrogen) atoms. The molecule has 1 N–H and O–H groups in total. The number of benzene rings is 1. The molecular weight excluding hydrogens is 237 g/mol. The van der Waals surface area contributed by atoms with Gasteiger partial charge in [0.1, 0.15) is 0 Å². The first-order chi connectivity index (χ1) is 6.65. The van der Waals surface area contributed by atoms with Crippen LogP contribution in [0.25, 0.3) is 0 Å². The quantitative estimate of drug-likeness (QED) is 0.798. The van der Waals surface area contributed by atoms with Crippen LogP contribution in [-0.4, -0.2) is 28.8 Å². The van der Waals surface area contributed by atoms with E-state index in [9.17, 15) is 4.79 Å². The number of rotatable bonds is 3. The van der Waals surface area contributed by atoms with Gasteiger partial charge in [0.25, 0.3) is 0 Å². The van der Waals surface area contributed by atoms with E-state index in [4.69, 9.17) is 0 Å². The van der Waals surface area contributed by atoms with Gasteiger partial charge in [0.2, 0.25) is 0 Å². The molecule has 1 unspecified atom stereocenters. The summed E-state index contributed by atoms with van der Waals surface area (Å²) in [5.41, 5.74) is 0.743. The topological polar surface area (TPSA) is 29.1 Å². The Hall–Kier alpha value is -0.752. The van der Waals surface area contributed by atoms with Gasteiger partial charge in [-0.2, -0.15) is 0 Å². The SMILES string of the molecule is CCC(C)NC(=O)c1ccccc1[As]. The second-order valence-corrected chi connectivity index (χ2v) is 4.31. The van der Waals surface area contributed by atoms with Crippen molar-refractivity contribution in [1.82, 2.24) is 5.32 Å². The van der Waals surface area contributed by atoms with Crippen LogP contribution in [0.4, 0.5) is 0 Å². The normalized spacial score (nSPS) is 12.2. The molecule has 0 aromatic heterocycles. The second kappa shape index (κ2) is 5.21. The van der Waals surface area contributed by atoms with E-state index in [-0.39, 0.29) is 11.9 Å². The number of hydrogen-bond donors (Lipinski definition) is 1. The van der Waals surface area contributed by atoms with E-state index in [1.54, 1.807) is 0 Å². The van der Waals surface area contributed by atoms with Crippen molar-refractivity contribution in [2.45, 2.75) is 26.3 Å². The Bertz CT molecular complexity index is 325. The molecule has 0 saturated carbocycles. The van der Waals surface area contributed by atoms with E-state index in [1.807, 2.05) is 31.2 Å². The van der Waals surface area contributed by atoms with Crippen LogP contribution in [0.2, 0.25) is 0 Å². The van der Waals surface area contributed by atoms with Gasteiger partial charge in [-0.25, -0.2) is 0 Å². The molecule has 0 aliphatic carbocycles. The summed E-state index contributed by atoms with van der Waals surface area (Å²) in [4.78, 5) is 11.7. The first-order valence-electron chi connectivity index (χ1n) is 4.74. The number of nitrogens with one attached hydrogen (secondary N) is 1. The van der Waals surface area contributed by atoms with Gasteiger partial charge in [0.15, 0.2) is 0 Å². The third-order valence-electron chi connectivity index (χ3n) is 2.14. The predicted octanol–water partition coefficient (Wildman–Crippen LogP) is 1.01. The van der Waals surface area contributed by atoms with E-state index in [1.165, 1.54) is 0 Å². The van der Waals surface area contributed by atoms with Gasteiger partial charge in [-0.15, -0.1) is 0 Å². The number of carbonyl (C=O) groups is 1. The first kappa shape index (κ1) is 11.3. The van der Waals surface area contributed by atoms with Crippen LogP contribution in [0.15, 0.2) is 24.3 Å². The Labute approximate surface area is 93.6 Å². The molecule has 0 bridgehead atoms. The van der Waals surface area contributed by atoms with Crippen LogP contribution in [0.1, 0.15) is 30.6 Å². The molecule has 0 aliphatic heterocycles. The fourth-order valence-corrected chi connectivity index (χ4v) is 1.62. The number of carbonyl (C=O) groups excluding carboxylic acids is 1. The van der Waals surface area contributed by atoms with Crippen molar-refractivity contribution in [1.29, 1.82) is 0 Å². The Kier molecular flexibility index (Phi) is 4.21. The van der Waals surface area contributed by atoms with E-state index >= 15 is 0 Å². The molecular formula is C11H14AsNO. The van der Waals surface area contributed by atoms with Crippen LogP contribution in [0.5, 0.6) is 0 Å². The minimum absolute atomic E-state index is 0.00979. The molecule has 1 rings (SSSR count). The van der Waals surface area contributed by atoms with Crippen molar-refractivity contribution in [3.8, 4) is 0 Å². The summed E-state index contributed by atoms with van der Waals surface area (Å²) in [6, 6.07) is 7.79. The van der Waals surface area contributed by atoms with Crippen molar-refractivity contribution in [3.05, 3.63) is 29.8 Å². The second-order valence-electron chi connectivity index (χ2n) is 3.30. The zero-order chi connectivity index (χ0) is 10.6. The molecule has 2 radical (unpaired) electrons. The maximum atomic E-state index is 11.7. The number of amides is 1. The molecule has 0 saturated heterocycles. The molecule has 74 valence electrons. The summed E-state index contributed by atoms with van der Waals surface area (Å²) >= 11 is 2.42. The zero-order valence-electron chi connectivity index (χ0n) is 8.45. The fourth-order valence-electron chi connectivity index (χ4n) is 1.07. The van der Waals surface area contributed by atoms with E-state index in [2.05, 4.69) is 29.1 Å². The zero-order valence-corrected chi connectivity index (χ0v) is 10.3. The molecule has 1 aromatic carbocycles. The molecule has 0 fully saturated rings. The molecule has 0 spiro atoms. The van der Waals surface area contributed by atoms with E-state index < -0.39 is 0 Å². The predicted molar refractivity (Wildman–Crippen MR) is 59.0 cm³/mol. The summed E-state index contributed by atoms with van der Waals surface area (Å²) in [7, 11) is 0. The first-order valence-corrected chi connectivity index (χ1v) is 5.67. The van der Waals surface area contributed by atoms with Crippen LogP contribution in [-0.2, 0) is 0 Å². The van der Waals surface area contributed by atoms with Crippen molar-refractivity contribution in [3.63, 3.8) is 0 Å².